The van der Waals surface area contributed by atoms with Crippen LogP contribution in [0.3, 0.4) is 0 Å². The molecule has 0 aromatic heterocycles. The third kappa shape index (κ3) is 3.52. The number of nitrogens with one attached hydrogen (secondary N) is 1. The second kappa shape index (κ2) is 7.31. The van der Waals surface area contributed by atoms with E-state index in [1.165, 1.54) is 30.3 Å². The molecule has 0 spiro atoms. The third-order valence-corrected chi connectivity index (χ3v) is 4.79. The van der Waals surface area contributed by atoms with E-state index in [0.717, 1.165) is 16.0 Å². The summed E-state index contributed by atoms with van der Waals surface area (Å²) < 4.78 is 14.0. The van der Waals surface area contributed by atoms with Crippen molar-refractivity contribution in [2.75, 3.05) is 5.32 Å². The highest BCUT2D eigenvalue weighted by atomic mass is 19.1. The van der Waals surface area contributed by atoms with Crippen LogP contribution in [0.25, 0.3) is 0 Å². The number of carbonyl (C=O) groups is 3. The van der Waals surface area contributed by atoms with Crippen LogP contribution in [0.2, 0.25) is 0 Å². The molecule has 3 aromatic carbocycles. The number of amides is 3. The summed E-state index contributed by atoms with van der Waals surface area (Å²) in [5, 5.41) is 2.50. The molecule has 3 amide bonds. The van der Waals surface area contributed by atoms with Gasteiger partial charge in [-0.15, -0.1) is 0 Å². The van der Waals surface area contributed by atoms with E-state index >= 15 is 0 Å². The molecule has 6 heteroatoms. The minimum absolute atomic E-state index is 0.0502. The van der Waals surface area contributed by atoms with Crippen LogP contribution in [-0.2, 0) is 6.54 Å². The maximum absolute atomic E-state index is 14.0. The number of benzene rings is 3. The molecule has 1 heterocycles. The van der Waals surface area contributed by atoms with Gasteiger partial charge in [0.25, 0.3) is 17.7 Å². The molecule has 0 radical (unpaired) electrons. The van der Waals surface area contributed by atoms with E-state index in [-0.39, 0.29) is 28.9 Å². The lowest BCUT2D eigenvalue weighted by atomic mass is 10.1. The van der Waals surface area contributed by atoms with E-state index in [0.29, 0.717) is 0 Å². The van der Waals surface area contributed by atoms with Crippen molar-refractivity contribution in [2.45, 2.75) is 13.5 Å². The number of nitrogens with zero attached hydrogens (tertiary/aromatic N) is 1. The number of halogens is 1. The number of carbonyl (C=O) groups excluding carboxylic acids is 3. The Morgan fingerprint density at radius 2 is 1.66 bits per heavy atom. The van der Waals surface area contributed by atoms with Gasteiger partial charge < -0.3 is 5.32 Å². The summed E-state index contributed by atoms with van der Waals surface area (Å²) in [7, 11) is 0. The van der Waals surface area contributed by atoms with Gasteiger partial charge in [0.15, 0.2) is 0 Å². The van der Waals surface area contributed by atoms with Crippen LogP contribution in [-0.4, -0.2) is 22.6 Å². The minimum Gasteiger partial charge on any atom is -0.319 e. The largest absolute Gasteiger partial charge is 0.319 e. The van der Waals surface area contributed by atoms with Gasteiger partial charge in [-0.3, -0.25) is 19.3 Å². The lowest BCUT2D eigenvalue weighted by Gasteiger charge is -2.13. The number of aryl methyl sites for hydroxylation is 1. The fourth-order valence-electron chi connectivity index (χ4n) is 3.26. The van der Waals surface area contributed by atoms with Gasteiger partial charge in [-0.2, -0.15) is 0 Å². The van der Waals surface area contributed by atoms with Crippen LogP contribution in [0.15, 0.2) is 66.7 Å². The van der Waals surface area contributed by atoms with Gasteiger partial charge in [-0.25, -0.2) is 4.39 Å². The van der Waals surface area contributed by atoms with Gasteiger partial charge in [0.2, 0.25) is 0 Å². The number of rotatable bonds is 4. The van der Waals surface area contributed by atoms with Crippen LogP contribution in [0.1, 0.15) is 42.2 Å². The zero-order chi connectivity index (χ0) is 20.5. The normalized spacial score (nSPS) is 12.8. The van der Waals surface area contributed by atoms with E-state index in [2.05, 4.69) is 5.32 Å². The van der Waals surface area contributed by atoms with Crippen molar-refractivity contribution in [1.29, 1.82) is 0 Å². The van der Waals surface area contributed by atoms with Crippen molar-refractivity contribution in [1.82, 2.24) is 4.90 Å². The number of imide groups is 1. The quantitative estimate of drug-likeness (QED) is 0.682. The molecule has 0 fully saturated rings. The highest BCUT2D eigenvalue weighted by Crippen LogP contribution is 2.26. The first-order valence-corrected chi connectivity index (χ1v) is 9.06. The molecule has 1 N–H and O–H groups in total. The number of hydrogen-bond acceptors (Lipinski definition) is 3. The lowest BCUT2D eigenvalue weighted by Crippen LogP contribution is -2.29. The zero-order valence-corrected chi connectivity index (χ0v) is 15.6. The molecule has 0 saturated heterocycles. The Bertz CT molecular complexity index is 1140. The first-order valence-electron chi connectivity index (χ1n) is 9.06. The molecule has 29 heavy (non-hydrogen) atoms. The summed E-state index contributed by atoms with van der Waals surface area (Å²) in [5.41, 5.74) is 2.21. The predicted octanol–water partition coefficient (Wildman–Crippen LogP) is 4.18. The fourth-order valence-corrected chi connectivity index (χ4v) is 3.26. The molecule has 5 nitrogen and oxygen atoms in total. The van der Waals surface area contributed by atoms with E-state index < -0.39 is 23.5 Å². The first kappa shape index (κ1) is 18.6. The highest BCUT2D eigenvalue weighted by Gasteiger charge is 2.36. The zero-order valence-electron chi connectivity index (χ0n) is 15.6. The van der Waals surface area contributed by atoms with Gasteiger partial charge in [-0.05, 0) is 48.4 Å². The summed E-state index contributed by atoms with van der Waals surface area (Å²) in [6, 6.07) is 18.0. The highest BCUT2D eigenvalue weighted by molar-refractivity contribution is 6.22. The van der Waals surface area contributed by atoms with E-state index in [1.807, 2.05) is 30.3 Å². The molecule has 0 atom stereocenters. The van der Waals surface area contributed by atoms with Crippen LogP contribution < -0.4 is 5.32 Å². The summed E-state index contributed by atoms with van der Waals surface area (Å²) in [5.74, 6) is -1.95. The Hall–Kier alpha value is -3.80. The second-order valence-corrected chi connectivity index (χ2v) is 6.88. The van der Waals surface area contributed by atoms with Crippen LogP contribution >= 0.6 is 0 Å². The number of hydrogen-bond donors (Lipinski definition) is 1. The van der Waals surface area contributed by atoms with Gasteiger partial charge >= 0.3 is 0 Å². The van der Waals surface area contributed by atoms with Gasteiger partial charge in [0.1, 0.15) is 5.82 Å². The fraction of sp³-hybridized carbons (Fsp3) is 0.0870. The molecule has 1 aliphatic rings. The van der Waals surface area contributed by atoms with Gasteiger partial charge in [0.05, 0.1) is 23.4 Å². The Balaban J connectivity index is 1.57. The lowest BCUT2D eigenvalue weighted by molar-refractivity contribution is 0.0642. The maximum Gasteiger partial charge on any atom is 0.261 e. The number of anilines is 1. The van der Waals surface area contributed by atoms with Crippen molar-refractivity contribution >= 4 is 23.4 Å². The smallest absolute Gasteiger partial charge is 0.261 e. The molecular weight excluding hydrogens is 371 g/mol. The van der Waals surface area contributed by atoms with Gasteiger partial charge in [0, 0.05) is 5.56 Å². The van der Waals surface area contributed by atoms with E-state index in [1.54, 1.807) is 13.0 Å². The topological polar surface area (TPSA) is 66.5 Å². The average molecular weight is 388 g/mol. The first-order chi connectivity index (χ1) is 13.9. The monoisotopic (exact) mass is 388 g/mol. The Morgan fingerprint density at radius 1 is 0.931 bits per heavy atom. The molecule has 0 aliphatic carbocycles. The number of fused-ring (bicyclic) bond motifs is 1. The SMILES string of the molecule is Cc1ccc(NC(=O)c2ccc3c(c2)C(=O)N(Cc2ccccc2)C3=O)c(F)c1. The van der Waals surface area contributed by atoms with Crippen molar-refractivity contribution in [3.05, 3.63) is 100 Å². The van der Waals surface area contributed by atoms with E-state index in [4.69, 9.17) is 0 Å². The summed E-state index contributed by atoms with van der Waals surface area (Å²) >= 11 is 0. The third-order valence-electron chi connectivity index (χ3n) is 4.79. The average Bonchev–Trinajstić information content (AvgIpc) is 2.95. The Labute approximate surface area is 166 Å². The molecule has 3 aromatic rings. The van der Waals surface area contributed by atoms with Crippen molar-refractivity contribution in [2.24, 2.45) is 0 Å². The molecule has 144 valence electrons. The molecule has 1 aliphatic heterocycles. The summed E-state index contributed by atoms with van der Waals surface area (Å²) in [4.78, 5) is 39.0. The Morgan fingerprint density at radius 3 is 2.38 bits per heavy atom. The maximum atomic E-state index is 14.0. The summed E-state index contributed by atoms with van der Waals surface area (Å²) in [6.07, 6.45) is 0. The summed E-state index contributed by atoms with van der Waals surface area (Å²) in [6.45, 7) is 1.91. The van der Waals surface area contributed by atoms with Crippen LogP contribution in [0.4, 0.5) is 10.1 Å². The van der Waals surface area contributed by atoms with Crippen molar-refractivity contribution in [3.63, 3.8) is 0 Å². The van der Waals surface area contributed by atoms with Crippen LogP contribution in [0, 0.1) is 12.7 Å². The van der Waals surface area contributed by atoms with Gasteiger partial charge in [-0.1, -0.05) is 36.4 Å². The van der Waals surface area contributed by atoms with Crippen molar-refractivity contribution in [3.8, 4) is 0 Å². The standard InChI is InChI=1S/C23H17FN2O3/c1-14-7-10-20(19(24)11-14)25-21(27)16-8-9-17-18(12-16)23(29)26(22(17)28)13-15-5-3-2-4-6-15/h2-12H,13H2,1H3,(H,25,27). The molecule has 0 bridgehead atoms. The van der Waals surface area contributed by atoms with E-state index in [9.17, 15) is 18.8 Å². The molecular formula is C23H17FN2O3. The van der Waals surface area contributed by atoms with Crippen LogP contribution in [0.5, 0.6) is 0 Å². The Kier molecular flexibility index (Phi) is 4.68. The molecule has 4 rings (SSSR count). The molecule has 0 unspecified atom stereocenters. The predicted molar refractivity (Wildman–Crippen MR) is 106 cm³/mol. The molecule has 0 saturated carbocycles. The minimum atomic E-state index is -0.558. The second-order valence-electron chi connectivity index (χ2n) is 6.88. The van der Waals surface area contributed by atoms with Crippen molar-refractivity contribution < 1.29 is 18.8 Å².